The first kappa shape index (κ1) is 16.7. The third-order valence-corrected chi connectivity index (χ3v) is 5.03. The van der Waals surface area contributed by atoms with Gasteiger partial charge in [0.15, 0.2) is 5.65 Å². The lowest BCUT2D eigenvalue weighted by atomic mass is 10.0. The Morgan fingerprint density at radius 1 is 1.42 bits per heavy atom. The van der Waals surface area contributed by atoms with Crippen LogP contribution >= 0.6 is 0 Å². The third-order valence-electron chi connectivity index (χ3n) is 5.03. The molecule has 0 radical (unpaired) electrons. The SMILES string of the molecule is CNCC1CCN(C(=O)Cc2c(C)nc3c(c2C)c(=O)[nH]n3C)C1. The fourth-order valence-electron chi connectivity index (χ4n) is 3.69. The highest BCUT2D eigenvalue weighted by molar-refractivity contribution is 5.84. The summed E-state index contributed by atoms with van der Waals surface area (Å²) in [7, 11) is 3.71. The summed E-state index contributed by atoms with van der Waals surface area (Å²) in [6, 6.07) is 0. The second-order valence-corrected chi connectivity index (χ2v) is 6.73. The van der Waals surface area contributed by atoms with Gasteiger partial charge in [-0.2, -0.15) is 0 Å². The van der Waals surface area contributed by atoms with Gasteiger partial charge in [-0.25, -0.2) is 4.98 Å². The highest BCUT2D eigenvalue weighted by Gasteiger charge is 2.27. The molecular formula is C17H25N5O2. The zero-order valence-electron chi connectivity index (χ0n) is 14.8. The van der Waals surface area contributed by atoms with Crippen LogP contribution in [0.5, 0.6) is 0 Å². The van der Waals surface area contributed by atoms with Gasteiger partial charge in [0.1, 0.15) is 0 Å². The molecule has 0 aliphatic carbocycles. The van der Waals surface area contributed by atoms with Crippen molar-refractivity contribution in [2.75, 3.05) is 26.7 Å². The fourth-order valence-corrected chi connectivity index (χ4v) is 3.69. The van der Waals surface area contributed by atoms with Crippen LogP contribution in [0, 0.1) is 19.8 Å². The zero-order valence-corrected chi connectivity index (χ0v) is 14.8. The van der Waals surface area contributed by atoms with E-state index in [0.717, 1.165) is 42.9 Å². The Balaban J connectivity index is 1.86. The predicted octanol–water partition coefficient (Wildman–Crippen LogP) is 0.489. The van der Waals surface area contributed by atoms with Gasteiger partial charge in [-0.05, 0) is 50.9 Å². The number of fused-ring (bicyclic) bond motifs is 1. The Morgan fingerprint density at radius 3 is 2.88 bits per heavy atom. The van der Waals surface area contributed by atoms with Crippen molar-refractivity contribution in [3.05, 3.63) is 27.2 Å². The van der Waals surface area contributed by atoms with Crippen molar-refractivity contribution in [2.45, 2.75) is 26.7 Å². The van der Waals surface area contributed by atoms with Crippen LogP contribution in [-0.4, -0.2) is 52.3 Å². The van der Waals surface area contributed by atoms with Crippen molar-refractivity contribution in [1.82, 2.24) is 25.0 Å². The topological polar surface area (TPSA) is 83.0 Å². The van der Waals surface area contributed by atoms with Crippen molar-refractivity contribution >= 4 is 16.9 Å². The van der Waals surface area contributed by atoms with Crippen molar-refractivity contribution in [1.29, 1.82) is 0 Å². The van der Waals surface area contributed by atoms with Gasteiger partial charge in [0.2, 0.25) is 5.91 Å². The number of carbonyl (C=O) groups is 1. The molecule has 7 heteroatoms. The molecule has 3 rings (SSSR count). The van der Waals surface area contributed by atoms with Crippen LogP contribution in [-0.2, 0) is 18.3 Å². The number of amides is 1. The maximum absolute atomic E-state index is 12.7. The van der Waals surface area contributed by atoms with Gasteiger partial charge in [0.05, 0.1) is 11.8 Å². The van der Waals surface area contributed by atoms with Crippen LogP contribution in [0.25, 0.3) is 11.0 Å². The second-order valence-electron chi connectivity index (χ2n) is 6.73. The van der Waals surface area contributed by atoms with Gasteiger partial charge in [-0.3, -0.25) is 19.4 Å². The highest BCUT2D eigenvalue weighted by Crippen LogP contribution is 2.22. The first-order valence-corrected chi connectivity index (χ1v) is 8.39. The van der Waals surface area contributed by atoms with Crippen molar-refractivity contribution in [3.8, 4) is 0 Å². The molecule has 7 nitrogen and oxygen atoms in total. The van der Waals surface area contributed by atoms with E-state index in [1.807, 2.05) is 25.8 Å². The Kier molecular flexibility index (Phi) is 4.45. The molecule has 0 bridgehead atoms. The first-order valence-electron chi connectivity index (χ1n) is 8.39. The van der Waals surface area contributed by atoms with Crippen molar-refractivity contribution in [3.63, 3.8) is 0 Å². The van der Waals surface area contributed by atoms with E-state index in [0.29, 0.717) is 23.4 Å². The van der Waals surface area contributed by atoms with E-state index in [2.05, 4.69) is 15.4 Å². The summed E-state index contributed by atoms with van der Waals surface area (Å²) in [6.45, 7) is 6.36. The quantitative estimate of drug-likeness (QED) is 0.854. The lowest BCUT2D eigenvalue weighted by Crippen LogP contribution is -2.32. The number of aromatic nitrogens is 3. The van der Waals surface area contributed by atoms with E-state index in [9.17, 15) is 9.59 Å². The number of carbonyl (C=O) groups excluding carboxylic acids is 1. The smallest absolute Gasteiger partial charge is 0.273 e. The molecule has 2 N–H and O–H groups in total. The lowest BCUT2D eigenvalue weighted by Gasteiger charge is -2.18. The Labute approximate surface area is 141 Å². The molecule has 1 aliphatic heterocycles. The Bertz CT molecular complexity index is 836. The van der Waals surface area contributed by atoms with E-state index in [4.69, 9.17) is 0 Å². The molecule has 1 aliphatic rings. The molecule has 24 heavy (non-hydrogen) atoms. The van der Waals surface area contributed by atoms with Crippen molar-refractivity contribution < 1.29 is 4.79 Å². The molecule has 0 saturated carbocycles. The van der Waals surface area contributed by atoms with Crippen LogP contribution in [0.4, 0.5) is 0 Å². The number of rotatable bonds is 4. The summed E-state index contributed by atoms with van der Waals surface area (Å²) in [5.74, 6) is 0.645. The number of aryl methyl sites for hydroxylation is 3. The fraction of sp³-hybridized carbons (Fsp3) is 0.588. The normalized spacial score (nSPS) is 17.8. The molecule has 0 spiro atoms. The summed E-state index contributed by atoms with van der Waals surface area (Å²) in [5.41, 5.74) is 3.04. The summed E-state index contributed by atoms with van der Waals surface area (Å²) >= 11 is 0. The Hall–Kier alpha value is -2.15. The number of nitrogens with one attached hydrogen (secondary N) is 2. The molecule has 3 heterocycles. The molecule has 2 aromatic rings. The number of nitrogens with zero attached hydrogens (tertiary/aromatic N) is 3. The summed E-state index contributed by atoms with van der Waals surface area (Å²) in [5, 5.41) is 6.50. The predicted molar refractivity (Wildman–Crippen MR) is 93.1 cm³/mol. The van der Waals surface area contributed by atoms with Gasteiger partial charge < -0.3 is 10.2 Å². The van der Waals surface area contributed by atoms with E-state index in [1.165, 1.54) is 0 Å². The summed E-state index contributed by atoms with van der Waals surface area (Å²) < 4.78 is 1.63. The maximum atomic E-state index is 12.7. The maximum Gasteiger partial charge on any atom is 0.273 e. The molecule has 1 saturated heterocycles. The van der Waals surface area contributed by atoms with Crippen molar-refractivity contribution in [2.24, 2.45) is 13.0 Å². The molecule has 1 fully saturated rings. The number of H-pyrrole nitrogens is 1. The van der Waals surface area contributed by atoms with Crippen LogP contribution in [0.2, 0.25) is 0 Å². The largest absolute Gasteiger partial charge is 0.342 e. The van der Waals surface area contributed by atoms with Gasteiger partial charge in [-0.15, -0.1) is 0 Å². The van der Waals surface area contributed by atoms with E-state index >= 15 is 0 Å². The van der Waals surface area contributed by atoms with E-state index < -0.39 is 0 Å². The van der Waals surface area contributed by atoms with E-state index in [-0.39, 0.29) is 11.5 Å². The van der Waals surface area contributed by atoms with Gasteiger partial charge >= 0.3 is 0 Å². The minimum atomic E-state index is -0.151. The average Bonchev–Trinajstić information content (AvgIpc) is 3.09. The molecule has 1 amide bonds. The average molecular weight is 331 g/mol. The summed E-state index contributed by atoms with van der Waals surface area (Å²) in [4.78, 5) is 31.3. The minimum absolute atomic E-state index is 0.119. The monoisotopic (exact) mass is 331 g/mol. The number of aromatic amines is 1. The van der Waals surface area contributed by atoms with Crippen LogP contribution in [0.15, 0.2) is 4.79 Å². The summed E-state index contributed by atoms with van der Waals surface area (Å²) in [6.07, 6.45) is 1.35. The van der Waals surface area contributed by atoms with Gasteiger partial charge in [-0.1, -0.05) is 0 Å². The van der Waals surface area contributed by atoms with Gasteiger partial charge in [0, 0.05) is 25.8 Å². The standard InChI is InChI=1S/C17H25N5O2/c1-10-13(7-14(23)22-6-5-12(9-22)8-18-3)11(2)19-16-15(10)17(24)20-21(16)4/h12,18H,5-9H2,1-4H3,(H,20,24). The zero-order chi connectivity index (χ0) is 17.4. The second kappa shape index (κ2) is 6.39. The molecule has 130 valence electrons. The van der Waals surface area contributed by atoms with E-state index in [1.54, 1.807) is 11.7 Å². The van der Waals surface area contributed by atoms with Crippen LogP contribution < -0.4 is 10.9 Å². The molecule has 2 aromatic heterocycles. The number of pyridine rings is 1. The number of hydrogen-bond acceptors (Lipinski definition) is 4. The third kappa shape index (κ3) is 2.84. The highest BCUT2D eigenvalue weighted by atomic mass is 16.2. The minimum Gasteiger partial charge on any atom is -0.342 e. The van der Waals surface area contributed by atoms with Crippen LogP contribution in [0.1, 0.15) is 23.2 Å². The molecular weight excluding hydrogens is 306 g/mol. The van der Waals surface area contributed by atoms with Crippen LogP contribution in [0.3, 0.4) is 0 Å². The molecule has 1 unspecified atom stereocenters. The van der Waals surface area contributed by atoms with Gasteiger partial charge in [0.25, 0.3) is 5.56 Å². The number of likely N-dealkylation sites (tertiary alicyclic amines) is 1. The first-order chi connectivity index (χ1) is 11.4. The number of hydrogen-bond donors (Lipinski definition) is 2. The molecule has 0 aromatic carbocycles. The lowest BCUT2D eigenvalue weighted by molar-refractivity contribution is -0.129. The Morgan fingerprint density at radius 2 is 2.17 bits per heavy atom. The molecule has 1 atom stereocenters.